The van der Waals surface area contributed by atoms with Gasteiger partial charge in [0.1, 0.15) is 11.6 Å². The molecule has 164 valence electrons. The predicted molar refractivity (Wildman–Crippen MR) is 113 cm³/mol. The van der Waals surface area contributed by atoms with Crippen LogP contribution in [0, 0.1) is 6.92 Å². The minimum atomic E-state index is -4.58. The second-order valence-electron chi connectivity index (χ2n) is 7.74. The van der Waals surface area contributed by atoms with Crippen molar-refractivity contribution in [2.75, 3.05) is 26.2 Å². The molecular formula is C23H24F3N3O2. The summed E-state index contributed by atoms with van der Waals surface area (Å²) in [4.78, 5) is 19.5. The molecule has 1 fully saturated rings. The van der Waals surface area contributed by atoms with Gasteiger partial charge in [0.05, 0.1) is 28.8 Å². The number of aryl methyl sites for hydroxylation is 1. The Labute approximate surface area is 178 Å². The Hall–Kier alpha value is -2.87. The van der Waals surface area contributed by atoms with Crippen LogP contribution in [0.4, 0.5) is 13.2 Å². The number of fused-ring (bicyclic) bond motifs is 1. The number of ether oxygens (including phenoxy) is 1. The largest absolute Gasteiger partial charge is 0.494 e. The second-order valence-corrected chi connectivity index (χ2v) is 7.74. The summed E-state index contributed by atoms with van der Waals surface area (Å²) >= 11 is 0. The molecule has 2 heterocycles. The lowest BCUT2D eigenvalue weighted by Crippen LogP contribution is -2.23. The van der Waals surface area contributed by atoms with E-state index in [1.807, 2.05) is 0 Å². The van der Waals surface area contributed by atoms with Crippen LogP contribution in [-0.2, 0) is 6.18 Å². The first kappa shape index (κ1) is 21.4. The fourth-order valence-corrected chi connectivity index (χ4v) is 4.02. The van der Waals surface area contributed by atoms with Crippen molar-refractivity contribution in [1.82, 2.24) is 14.5 Å². The Morgan fingerprint density at radius 1 is 1.06 bits per heavy atom. The number of nitrogens with zero attached hydrogens (tertiary/aromatic N) is 3. The lowest BCUT2D eigenvalue weighted by atomic mass is 10.1. The number of alkyl halides is 3. The van der Waals surface area contributed by atoms with Crippen LogP contribution < -0.4 is 10.3 Å². The van der Waals surface area contributed by atoms with Crippen molar-refractivity contribution < 1.29 is 17.9 Å². The maximum absolute atomic E-state index is 13.3. The highest BCUT2D eigenvalue weighted by molar-refractivity contribution is 5.82. The molecule has 0 saturated carbocycles. The number of halogens is 3. The number of likely N-dealkylation sites (tertiary alicyclic amines) is 1. The van der Waals surface area contributed by atoms with E-state index in [0.717, 1.165) is 32.1 Å². The summed E-state index contributed by atoms with van der Waals surface area (Å²) in [5.41, 5.74) is -1.24. The Bertz CT molecular complexity index is 1120. The molecule has 0 atom stereocenters. The van der Waals surface area contributed by atoms with Crippen molar-refractivity contribution >= 4 is 10.9 Å². The molecule has 1 aliphatic heterocycles. The molecule has 2 aromatic carbocycles. The van der Waals surface area contributed by atoms with Gasteiger partial charge < -0.3 is 9.64 Å². The van der Waals surface area contributed by atoms with Gasteiger partial charge in [0.25, 0.3) is 5.56 Å². The third-order valence-corrected chi connectivity index (χ3v) is 5.55. The van der Waals surface area contributed by atoms with E-state index in [1.54, 1.807) is 24.3 Å². The lowest BCUT2D eigenvalue weighted by Gasteiger charge is -2.15. The molecule has 0 N–H and O–H groups in total. The van der Waals surface area contributed by atoms with Crippen molar-refractivity contribution in [2.45, 2.75) is 32.4 Å². The highest BCUT2D eigenvalue weighted by atomic mass is 19.4. The van der Waals surface area contributed by atoms with Crippen LogP contribution in [0.15, 0.2) is 47.3 Å². The number of aromatic nitrogens is 2. The highest BCUT2D eigenvalue weighted by Gasteiger charge is 2.33. The second kappa shape index (κ2) is 8.70. The zero-order valence-electron chi connectivity index (χ0n) is 17.3. The van der Waals surface area contributed by atoms with E-state index in [2.05, 4.69) is 9.88 Å². The number of hydrogen-bond acceptors (Lipinski definition) is 4. The van der Waals surface area contributed by atoms with Crippen LogP contribution in [-0.4, -0.2) is 40.7 Å². The number of para-hydroxylation sites is 1. The van der Waals surface area contributed by atoms with Crippen molar-refractivity contribution in [3.8, 4) is 11.4 Å². The van der Waals surface area contributed by atoms with Gasteiger partial charge in [-0.05, 0) is 75.7 Å². The summed E-state index contributed by atoms with van der Waals surface area (Å²) in [5.74, 6) is 0.873. The average Bonchev–Trinajstić information content (AvgIpc) is 3.25. The van der Waals surface area contributed by atoms with Crippen LogP contribution in [0.25, 0.3) is 16.6 Å². The maximum Gasteiger partial charge on any atom is 0.418 e. The first-order valence-corrected chi connectivity index (χ1v) is 10.4. The van der Waals surface area contributed by atoms with Gasteiger partial charge in [0.2, 0.25) is 0 Å². The van der Waals surface area contributed by atoms with Crippen LogP contribution in [0.2, 0.25) is 0 Å². The van der Waals surface area contributed by atoms with Crippen molar-refractivity contribution in [3.63, 3.8) is 0 Å². The minimum absolute atomic E-state index is 0.0670. The first-order valence-electron chi connectivity index (χ1n) is 10.4. The van der Waals surface area contributed by atoms with Crippen molar-refractivity contribution in [1.29, 1.82) is 0 Å². The summed E-state index contributed by atoms with van der Waals surface area (Å²) in [5, 5.41) is -0.0670. The quantitative estimate of drug-likeness (QED) is 0.536. The predicted octanol–water partition coefficient (Wildman–Crippen LogP) is 4.58. The van der Waals surface area contributed by atoms with Gasteiger partial charge in [-0.15, -0.1) is 0 Å². The molecule has 0 bridgehead atoms. The van der Waals surface area contributed by atoms with Gasteiger partial charge in [-0.1, -0.05) is 6.07 Å². The molecule has 1 aromatic heterocycles. The first-order chi connectivity index (χ1) is 14.8. The molecule has 4 rings (SSSR count). The van der Waals surface area contributed by atoms with Crippen LogP contribution >= 0.6 is 0 Å². The summed E-state index contributed by atoms with van der Waals surface area (Å²) in [6, 6.07) is 10.5. The molecule has 0 spiro atoms. The summed E-state index contributed by atoms with van der Waals surface area (Å²) in [6.07, 6.45) is -1.10. The Balaban J connectivity index is 1.54. The Morgan fingerprint density at radius 3 is 2.45 bits per heavy atom. The molecule has 31 heavy (non-hydrogen) atoms. The van der Waals surface area contributed by atoms with Gasteiger partial charge >= 0.3 is 6.18 Å². The molecule has 8 heteroatoms. The fourth-order valence-electron chi connectivity index (χ4n) is 4.02. The molecule has 0 radical (unpaired) electrons. The molecule has 1 saturated heterocycles. The van der Waals surface area contributed by atoms with Crippen LogP contribution in [0.1, 0.15) is 30.7 Å². The topological polar surface area (TPSA) is 47.4 Å². The average molecular weight is 431 g/mol. The standard InChI is InChI=1S/C23H24F3N3O2/c1-16-27-21-19(6-4-7-20(21)23(24,25)26)22(30)29(16)17-8-10-18(11-9-17)31-15-5-14-28-12-2-3-13-28/h4,6-11H,2-3,5,12-15H2,1H3. The van der Waals surface area contributed by atoms with E-state index in [-0.39, 0.29) is 16.7 Å². The lowest BCUT2D eigenvalue weighted by molar-refractivity contribution is -0.136. The van der Waals surface area contributed by atoms with Crippen LogP contribution in [0.5, 0.6) is 5.75 Å². The van der Waals surface area contributed by atoms with Gasteiger partial charge in [-0.3, -0.25) is 9.36 Å². The SMILES string of the molecule is Cc1nc2c(C(F)(F)F)cccc2c(=O)n1-c1ccc(OCCCN2CCCC2)cc1. The summed E-state index contributed by atoms with van der Waals surface area (Å²) < 4.78 is 47.0. The van der Waals surface area contributed by atoms with Gasteiger partial charge in [-0.2, -0.15) is 13.2 Å². The van der Waals surface area contributed by atoms with Crippen molar-refractivity contribution in [3.05, 3.63) is 64.2 Å². The van der Waals surface area contributed by atoms with E-state index in [4.69, 9.17) is 4.74 Å². The molecule has 0 aliphatic carbocycles. The molecule has 0 amide bonds. The van der Waals surface area contributed by atoms with E-state index in [9.17, 15) is 18.0 Å². The number of benzene rings is 2. The van der Waals surface area contributed by atoms with Gasteiger partial charge in [-0.25, -0.2) is 4.98 Å². The third-order valence-electron chi connectivity index (χ3n) is 5.55. The van der Waals surface area contributed by atoms with E-state index in [0.29, 0.717) is 18.0 Å². The van der Waals surface area contributed by atoms with Crippen LogP contribution in [0.3, 0.4) is 0 Å². The molecule has 0 unspecified atom stereocenters. The van der Waals surface area contributed by atoms with E-state index >= 15 is 0 Å². The zero-order chi connectivity index (χ0) is 22.0. The van der Waals surface area contributed by atoms with Gasteiger partial charge in [0, 0.05) is 6.54 Å². The minimum Gasteiger partial charge on any atom is -0.494 e. The summed E-state index contributed by atoms with van der Waals surface area (Å²) in [7, 11) is 0. The fraction of sp³-hybridized carbons (Fsp3) is 0.391. The molecule has 1 aliphatic rings. The summed E-state index contributed by atoms with van der Waals surface area (Å²) in [6.45, 7) is 5.47. The van der Waals surface area contributed by atoms with E-state index < -0.39 is 17.3 Å². The third kappa shape index (κ3) is 4.58. The Kier molecular flexibility index (Phi) is 6.00. The number of hydrogen-bond donors (Lipinski definition) is 0. The normalized spacial score (nSPS) is 15.0. The smallest absolute Gasteiger partial charge is 0.418 e. The Morgan fingerprint density at radius 2 is 1.77 bits per heavy atom. The van der Waals surface area contributed by atoms with E-state index in [1.165, 1.54) is 36.5 Å². The molecular weight excluding hydrogens is 407 g/mol. The molecule has 3 aromatic rings. The number of rotatable bonds is 6. The van der Waals surface area contributed by atoms with Gasteiger partial charge in [0.15, 0.2) is 0 Å². The molecule has 5 nitrogen and oxygen atoms in total. The monoisotopic (exact) mass is 431 g/mol. The maximum atomic E-state index is 13.3. The zero-order valence-corrected chi connectivity index (χ0v) is 17.3. The van der Waals surface area contributed by atoms with Crippen molar-refractivity contribution in [2.24, 2.45) is 0 Å². The highest BCUT2D eigenvalue weighted by Crippen LogP contribution is 2.33.